The van der Waals surface area contributed by atoms with E-state index in [1.165, 1.54) is 22.5 Å². The number of thiophene rings is 1. The Labute approximate surface area is 174 Å². The number of hydrogen-bond acceptors (Lipinski definition) is 5. The van der Waals surface area contributed by atoms with Crippen molar-refractivity contribution in [2.24, 2.45) is 5.92 Å². The maximum atomic E-state index is 12.8. The zero-order valence-electron chi connectivity index (χ0n) is 16.8. The minimum absolute atomic E-state index is 0.0737. The lowest BCUT2D eigenvalue weighted by molar-refractivity contribution is 0.0725. The highest BCUT2D eigenvalue weighted by molar-refractivity contribution is 7.12. The number of carbonyl (C=O) groups excluding carboxylic acids is 1. The summed E-state index contributed by atoms with van der Waals surface area (Å²) >= 11 is 3.06. The van der Waals surface area contributed by atoms with Crippen LogP contribution in [0.3, 0.4) is 0 Å². The predicted octanol–water partition coefficient (Wildman–Crippen LogP) is 5.70. The summed E-state index contributed by atoms with van der Waals surface area (Å²) < 4.78 is 5.89. The van der Waals surface area contributed by atoms with Gasteiger partial charge in [-0.25, -0.2) is 4.98 Å². The van der Waals surface area contributed by atoms with Crippen LogP contribution >= 0.6 is 22.7 Å². The summed E-state index contributed by atoms with van der Waals surface area (Å²) in [6.07, 6.45) is 0. The van der Waals surface area contributed by atoms with Gasteiger partial charge in [-0.2, -0.15) is 0 Å². The predicted molar refractivity (Wildman–Crippen MR) is 116 cm³/mol. The fraction of sp³-hybridized carbons (Fsp3) is 0.364. The highest BCUT2D eigenvalue weighted by Gasteiger charge is 2.19. The van der Waals surface area contributed by atoms with Gasteiger partial charge in [-0.1, -0.05) is 26.0 Å². The Kier molecular flexibility index (Phi) is 6.86. The number of nitrogens with zero attached hydrogens (tertiary/aromatic N) is 2. The monoisotopic (exact) mass is 414 g/mol. The van der Waals surface area contributed by atoms with E-state index < -0.39 is 0 Å². The molecule has 0 aliphatic carbocycles. The molecular formula is C22H26N2O2S2. The van der Waals surface area contributed by atoms with Crippen LogP contribution in [0, 0.1) is 19.8 Å². The Morgan fingerprint density at radius 2 is 2.00 bits per heavy atom. The van der Waals surface area contributed by atoms with E-state index >= 15 is 0 Å². The second kappa shape index (κ2) is 9.34. The summed E-state index contributed by atoms with van der Waals surface area (Å²) in [4.78, 5) is 20.1. The molecule has 0 saturated heterocycles. The van der Waals surface area contributed by atoms with Gasteiger partial charge in [0.05, 0.1) is 17.1 Å². The van der Waals surface area contributed by atoms with Crippen molar-refractivity contribution in [1.82, 2.24) is 9.88 Å². The summed E-state index contributed by atoms with van der Waals surface area (Å²) in [6, 6.07) is 9.90. The van der Waals surface area contributed by atoms with Gasteiger partial charge in [0.2, 0.25) is 0 Å². The van der Waals surface area contributed by atoms with Crippen LogP contribution in [0.1, 0.15) is 45.3 Å². The molecule has 0 unspecified atom stereocenters. The summed E-state index contributed by atoms with van der Waals surface area (Å²) in [5, 5.41) is 4.88. The largest absolute Gasteiger partial charge is 0.486 e. The molecule has 0 radical (unpaired) electrons. The van der Waals surface area contributed by atoms with E-state index in [4.69, 9.17) is 4.74 Å². The van der Waals surface area contributed by atoms with Crippen LogP contribution in [0.4, 0.5) is 0 Å². The molecule has 2 aromatic heterocycles. The molecule has 0 aliphatic heterocycles. The summed E-state index contributed by atoms with van der Waals surface area (Å²) in [5.74, 6) is 1.33. The van der Waals surface area contributed by atoms with Gasteiger partial charge in [0.25, 0.3) is 5.91 Å². The summed E-state index contributed by atoms with van der Waals surface area (Å²) in [7, 11) is 0. The molecule has 0 bridgehead atoms. The molecule has 0 saturated carbocycles. The number of carbonyl (C=O) groups is 1. The van der Waals surface area contributed by atoms with Crippen LogP contribution in [0.5, 0.6) is 5.75 Å². The summed E-state index contributed by atoms with van der Waals surface area (Å²) in [6.45, 7) is 10.1. The molecule has 0 N–H and O–H groups in total. The first-order valence-corrected chi connectivity index (χ1v) is 11.1. The van der Waals surface area contributed by atoms with Gasteiger partial charge in [0.15, 0.2) is 0 Å². The Bertz CT molecular complexity index is 917. The highest BCUT2D eigenvalue weighted by Crippen LogP contribution is 2.21. The highest BCUT2D eigenvalue weighted by atomic mass is 32.1. The maximum Gasteiger partial charge on any atom is 0.264 e. The average Bonchev–Trinajstić information content (AvgIpc) is 3.33. The Morgan fingerprint density at radius 3 is 2.68 bits per heavy atom. The molecule has 0 atom stereocenters. The molecule has 1 aromatic carbocycles. The lowest BCUT2D eigenvalue weighted by Crippen LogP contribution is -2.33. The van der Waals surface area contributed by atoms with Crippen LogP contribution < -0.4 is 4.74 Å². The number of thiazole rings is 1. The molecule has 0 aliphatic rings. The standard InChI is InChI=1S/C22H26N2O2S2/c1-15(2)11-24(22(25)20-6-5-9-27-20)12-18-14-28-21(23-18)13-26-19-8-7-16(3)17(4)10-19/h5-10,14-15H,11-13H2,1-4H3. The Hall–Kier alpha value is -2.18. The lowest BCUT2D eigenvalue weighted by atomic mass is 10.1. The van der Waals surface area contributed by atoms with Gasteiger partial charge in [-0.3, -0.25) is 4.79 Å². The van der Waals surface area contributed by atoms with E-state index in [9.17, 15) is 4.79 Å². The second-order valence-electron chi connectivity index (χ2n) is 7.32. The third-order valence-corrected chi connectivity index (χ3v) is 6.13. The van der Waals surface area contributed by atoms with E-state index in [0.29, 0.717) is 25.6 Å². The van der Waals surface area contributed by atoms with Crippen molar-refractivity contribution in [3.05, 3.63) is 67.8 Å². The number of aromatic nitrogens is 1. The topological polar surface area (TPSA) is 42.4 Å². The molecule has 148 valence electrons. The molecule has 2 heterocycles. The van der Waals surface area contributed by atoms with Crippen molar-refractivity contribution < 1.29 is 9.53 Å². The van der Waals surface area contributed by atoms with Crippen LogP contribution in [0.15, 0.2) is 41.1 Å². The molecule has 4 nitrogen and oxygen atoms in total. The van der Waals surface area contributed by atoms with Crippen molar-refractivity contribution in [1.29, 1.82) is 0 Å². The molecular weight excluding hydrogens is 388 g/mol. The van der Waals surface area contributed by atoms with E-state index in [2.05, 4.69) is 38.7 Å². The minimum Gasteiger partial charge on any atom is -0.486 e. The van der Waals surface area contributed by atoms with Crippen molar-refractivity contribution >= 4 is 28.6 Å². The number of ether oxygens (including phenoxy) is 1. The van der Waals surface area contributed by atoms with Crippen molar-refractivity contribution in [2.75, 3.05) is 6.54 Å². The molecule has 6 heteroatoms. The smallest absolute Gasteiger partial charge is 0.264 e. The Morgan fingerprint density at radius 1 is 1.18 bits per heavy atom. The first kappa shape index (κ1) is 20.6. The van der Waals surface area contributed by atoms with Gasteiger partial charge in [-0.05, 0) is 54.5 Å². The quantitative estimate of drug-likeness (QED) is 0.475. The SMILES string of the molecule is Cc1ccc(OCc2nc(CN(CC(C)C)C(=O)c3cccs3)cs2)cc1C. The molecule has 28 heavy (non-hydrogen) atoms. The van der Waals surface area contributed by atoms with Crippen LogP contribution in [0.2, 0.25) is 0 Å². The van der Waals surface area contributed by atoms with E-state index in [0.717, 1.165) is 21.3 Å². The molecule has 3 rings (SSSR count). The first-order valence-electron chi connectivity index (χ1n) is 9.38. The molecule has 0 fully saturated rings. The fourth-order valence-electron chi connectivity index (χ4n) is 2.85. The van der Waals surface area contributed by atoms with E-state index in [-0.39, 0.29) is 5.91 Å². The number of amides is 1. The van der Waals surface area contributed by atoms with Crippen LogP contribution in [-0.4, -0.2) is 22.3 Å². The normalized spacial score (nSPS) is 11.0. The third kappa shape index (κ3) is 5.42. The van der Waals surface area contributed by atoms with Crippen molar-refractivity contribution in [2.45, 2.75) is 40.8 Å². The third-order valence-electron chi connectivity index (χ3n) is 4.40. The second-order valence-corrected chi connectivity index (χ2v) is 9.21. The van der Waals surface area contributed by atoms with Gasteiger partial charge < -0.3 is 9.64 Å². The minimum atomic E-state index is 0.0737. The average molecular weight is 415 g/mol. The van der Waals surface area contributed by atoms with Crippen molar-refractivity contribution in [3.63, 3.8) is 0 Å². The van der Waals surface area contributed by atoms with Gasteiger partial charge in [0.1, 0.15) is 17.4 Å². The lowest BCUT2D eigenvalue weighted by Gasteiger charge is -2.23. The fourth-order valence-corrected chi connectivity index (χ4v) is 4.24. The molecule has 0 spiro atoms. The van der Waals surface area contributed by atoms with E-state index in [1.54, 1.807) is 11.3 Å². The number of rotatable bonds is 8. The number of hydrogen-bond donors (Lipinski definition) is 0. The van der Waals surface area contributed by atoms with Gasteiger partial charge >= 0.3 is 0 Å². The maximum absolute atomic E-state index is 12.8. The number of benzene rings is 1. The zero-order valence-corrected chi connectivity index (χ0v) is 18.4. The van der Waals surface area contributed by atoms with Gasteiger partial charge in [-0.15, -0.1) is 22.7 Å². The number of aryl methyl sites for hydroxylation is 2. The van der Waals surface area contributed by atoms with E-state index in [1.807, 2.05) is 39.9 Å². The summed E-state index contributed by atoms with van der Waals surface area (Å²) in [5.41, 5.74) is 3.38. The van der Waals surface area contributed by atoms with Crippen molar-refractivity contribution in [3.8, 4) is 5.75 Å². The first-order chi connectivity index (χ1) is 13.4. The van der Waals surface area contributed by atoms with Crippen LogP contribution in [0.25, 0.3) is 0 Å². The van der Waals surface area contributed by atoms with Crippen LogP contribution in [-0.2, 0) is 13.2 Å². The zero-order chi connectivity index (χ0) is 20.1. The molecule has 1 amide bonds. The Balaban J connectivity index is 1.64. The molecule has 3 aromatic rings. The van der Waals surface area contributed by atoms with Gasteiger partial charge in [0, 0.05) is 11.9 Å².